The number of carbonyl (C=O) groups is 3. The summed E-state index contributed by atoms with van der Waals surface area (Å²) in [6.07, 6.45) is 5.87. The van der Waals surface area contributed by atoms with Crippen LogP contribution in [-0.2, 0) is 23.9 Å². The maximum absolute atomic E-state index is 14.9. The minimum atomic E-state index is -1.21. The quantitative estimate of drug-likeness (QED) is 0.164. The van der Waals surface area contributed by atoms with Gasteiger partial charge in [-0.1, -0.05) is 32.9 Å². The van der Waals surface area contributed by atoms with Gasteiger partial charge in [-0.05, 0) is 76.1 Å². The highest BCUT2D eigenvalue weighted by Gasteiger charge is 2.79. The van der Waals surface area contributed by atoms with Gasteiger partial charge in [0, 0.05) is 31.0 Å². The first kappa shape index (κ1) is 33.7. The van der Waals surface area contributed by atoms with Crippen LogP contribution in [0.3, 0.4) is 0 Å². The summed E-state index contributed by atoms with van der Waals surface area (Å²) in [5.41, 5.74) is -0.367. The molecule has 3 saturated heterocycles. The van der Waals surface area contributed by atoms with Crippen molar-refractivity contribution in [1.29, 1.82) is 0 Å². The highest BCUT2D eigenvalue weighted by Crippen LogP contribution is 2.65. The van der Waals surface area contributed by atoms with Crippen molar-refractivity contribution in [3.63, 3.8) is 0 Å². The fraction of sp³-hybridized carbons (Fsp3) is 0.629. The summed E-state index contributed by atoms with van der Waals surface area (Å²) in [6.45, 7) is 19.6. The molecule has 2 amide bonds. The summed E-state index contributed by atoms with van der Waals surface area (Å²) >= 11 is 0. The molecule has 2 unspecified atom stereocenters. The normalized spacial score (nSPS) is 27.8. The van der Waals surface area contributed by atoms with Gasteiger partial charge in [0.1, 0.15) is 17.6 Å². The molecule has 4 rings (SSSR count). The van der Waals surface area contributed by atoms with Gasteiger partial charge in [0.25, 0.3) is 5.91 Å². The van der Waals surface area contributed by atoms with Gasteiger partial charge in [0.2, 0.25) is 5.91 Å². The number of aliphatic hydroxyl groups excluding tert-OH is 1. The first-order valence-electron chi connectivity index (χ1n) is 16.3. The topological polar surface area (TPSA) is 99.6 Å². The highest BCUT2D eigenvalue weighted by atomic mass is 16.6. The number of anilines is 2. The number of aliphatic hydroxyl groups is 1. The van der Waals surface area contributed by atoms with Crippen LogP contribution in [0.25, 0.3) is 0 Å². The van der Waals surface area contributed by atoms with Gasteiger partial charge in [-0.25, -0.2) is 0 Å². The Morgan fingerprint density at radius 3 is 2.32 bits per heavy atom. The molecule has 1 aromatic rings. The van der Waals surface area contributed by atoms with E-state index in [9.17, 15) is 19.5 Å². The zero-order valence-electron chi connectivity index (χ0n) is 27.2. The molecule has 3 heterocycles. The van der Waals surface area contributed by atoms with Gasteiger partial charge in [0.15, 0.2) is 0 Å². The molecule has 1 spiro atoms. The van der Waals surface area contributed by atoms with Crippen LogP contribution in [0.15, 0.2) is 49.6 Å². The van der Waals surface area contributed by atoms with Gasteiger partial charge in [0.05, 0.1) is 30.8 Å². The molecule has 1 N–H and O–H groups in total. The second-order valence-electron chi connectivity index (χ2n) is 12.7. The molecular formula is C35H51N3O6. The molecule has 242 valence electrons. The Bertz CT molecular complexity index is 1210. The number of benzene rings is 1. The monoisotopic (exact) mass is 609 g/mol. The largest absolute Gasteiger partial charge is 0.465 e. The molecule has 1 aromatic carbocycles. The minimum Gasteiger partial charge on any atom is -0.465 e. The van der Waals surface area contributed by atoms with Crippen LogP contribution in [0.4, 0.5) is 11.4 Å². The van der Waals surface area contributed by atoms with Crippen LogP contribution in [0.1, 0.15) is 66.7 Å². The fourth-order valence-electron chi connectivity index (χ4n) is 7.87. The smallest absolute Gasteiger partial charge is 0.312 e. The van der Waals surface area contributed by atoms with Crippen molar-refractivity contribution in [3.05, 3.63) is 49.6 Å². The zero-order chi connectivity index (χ0) is 32.2. The third-order valence-electron chi connectivity index (χ3n) is 9.89. The number of esters is 1. The van der Waals surface area contributed by atoms with E-state index in [0.717, 1.165) is 18.8 Å². The van der Waals surface area contributed by atoms with E-state index in [1.54, 1.807) is 22.0 Å². The molecule has 0 saturated carbocycles. The number of amides is 2. The Kier molecular flexibility index (Phi) is 10.6. The van der Waals surface area contributed by atoms with Crippen molar-refractivity contribution < 1.29 is 29.0 Å². The lowest BCUT2D eigenvalue weighted by atomic mass is 9.65. The van der Waals surface area contributed by atoms with Crippen molar-refractivity contribution in [3.8, 4) is 0 Å². The number of carbonyl (C=O) groups excluding carboxylic acids is 3. The van der Waals surface area contributed by atoms with Crippen LogP contribution in [-0.4, -0.2) is 83.9 Å². The van der Waals surface area contributed by atoms with Crippen molar-refractivity contribution in [2.75, 3.05) is 42.6 Å². The summed E-state index contributed by atoms with van der Waals surface area (Å²) in [7, 11) is 0. The Morgan fingerprint density at radius 2 is 1.77 bits per heavy atom. The molecule has 6 atom stereocenters. The van der Waals surface area contributed by atoms with E-state index in [2.05, 4.69) is 31.9 Å². The SMILES string of the molecule is C=CCCOC(=O)[C@H]1[C@H]2C(=O)N([C@@H](CO)CC(C)C)C(C(=O)N(CC=C)c3ccc(N(CC)CC)cc3)C23CC[C@]1(CC)O3. The summed E-state index contributed by atoms with van der Waals surface area (Å²) < 4.78 is 12.6. The Hall–Kier alpha value is -3.17. The number of likely N-dealkylation sites (tertiary alicyclic amines) is 1. The molecular weight excluding hydrogens is 558 g/mol. The lowest BCUT2D eigenvalue weighted by Crippen LogP contribution is -2.59. The molecule has 3 aliphatic rings. The predicted molar refractivity (Wildman–Crippen MR) is 172 cm³/mol. The molecule has 0 aliphatic carbocycles. The molecule has 9 nitrogen and oxygen atoms in total. The predicted octanol–water partition coefficient (Wildman–Crippen LogP) is 4.73. The van der Waals surface area contributed by atoms with Crippen molar-refractivity contribution >= 4 is 29.2 Å². The first-order valence-corrected chi connectivity index (χ1v) is 16.3. The van der Waals surface area contributed by atoms with E-state index in [-0.39, 0.29) is 37.5 Å². The second kappa shape index (κ2) is 13.9. The number of ether oxygens (including phenoxy) is 2. The number of rotatable bonds is 16. The lowest BCUT2D eigenvalue weighted by Gasteiger charge is -2.40. The molecule has 9 heteroatoms. The van der Waals surface area contributed by atoms with E-state index < -0.39 is 41.1 Å². The maximum Gasteiger partial charge on any atom is 0.312 e. The summed E-state index contributed by atoms with van der Waals surface area (Å²) in [5, 5.41) is 10.6. The number of hydrogen-bond donors (Lipinski definition) is 1. The lowest BCUT2D eigenvalue weighted by molar-refractivity contribution is -0.162. The van der Waals surface area contributed by atoms with Gasteiger partial charge in [-0.15, -0.1) is 13.2 Å². The van der Waals surface area contributed by atoms with Crippen LogP contribution in [0.5, 0.6) is 0 Å². The fourth-order valence-corrected chi connectivity index (χ4v) is 7.87. The van der Waals surface area contributed by atoms with E-state index in [1.165, 1.54) is 0 Å². The molecule has 0 aromatic heterocycles. The summed E-state index contributed by atoms with van der Waals surface area (Å²) in [4.78, 5) is 48.6. The minimum absolute atomic E-state index is 0.157. The van der Waals surface area contributed by atoms with Gasteiger partial charge < -0.3 is 29.3 Å². The third kappa shape index (κ3) is 5.69. The highest BCUT2D eigenvalue weighted by molar-refractivity contribution is 6.05. The van der Waals surface area contributed by atoms with Crippen molar-refractivity contribution in [1.82, 2.24) is 4.90 Å². The van der Waals surface area contributed by atoms with Gasteiger partial charge in [-0.3, -0.25) is 14.4 Å². The molecule has 3 aliphatic heterocycles. The van der Waals surface area contributed by atoms with Crippen LogP contribution in [0.2, 0.25) is 0 Å². The average molecular weight is 610 g/mol. The Morgan fingerprint density at radius 1 is 1.11 bits per heavy atom. The zero-order valence-corrected chi connectivity index (χ0v) is 27.2. The molecule has 2 bridgehead atoms. The van der Waals surface area contributed by atoms with Crippen molar-refractivity contribution in [2.24, 2.45) is 17.8 Å². The second-order valence-corrected chi connectivity index (χ2v) is 12.7. The van der Waals surface area contributed by atoms with E-state index in [1.807, 2.05) is 45.0 Å². The van der Waals surface area contributed by atoms with E-state index in [4.69, 9.17) is 9.47 Å². The standard InChI is InChI=1S/C35H51N3O6/c1-8-13-21-43-33(42)29-28-31(40)38(27(23-39)22-24(6)7)30(35(28)19-18-34(29,10-3)44-35)32(41)37(20-9-2)26-16-14-25(15-17-26)36(11-4)12-5/h8-9,14-17,24,27-30,39H,1-2,10-13,18-23H2,3-7H3/t27-,28+,29-,30?,34+,35?/m1/s1. The number of hydrogen-bond acceptors (Lipinski definition) is 7. The van der Waals surface area contributed by atoms with Crippen LogP contribution >= 0.6 is 0 Å². The maximum atomic E-state index is 14.9. The van der Waals surface area contributed by atoms with Gasteiger partial charge in [-0.2, -0.15) is 0 Å². The van der Waals surface area contributed by atoms with Crippen molar-refractivity contribution in [2.45, 2.75) is 90.0 Å². The molecule has 0 radical (unpaired) electrons. The Balaban J connectivity index is 1.81. The summed E-state index contributed by atoms with van der Waals surface area (Å²) in [5.74, 6) is -2.65. The van der Waals surface area contributed by atoms with Gasteiger partial charge >= 0.3 is 5.97 Å². The third-order valence-corrected chi connectivity index (χ3v) is 9.89. The number of nitrogens with zero attached hydrogens (tertiary/aromatic N) is 3. The van der Waals surface area contributed by atoms with E-state index >= 15 is 0 Å². The van der Waals surface area contributed by atoms with E-state index in [0.29, 0.717) is 37.8 Å². The van der Waals surface area contributed by atoms with Crippen LogP contribution in [0, 0.1) is 17.8 Å². The molecule has 44 heavy (non-hydrogen) atoms. The number of fused-ring (bicyclic) bond motifs is 1. The molecule has 3 fully saturated rings. The summed E-state index contributed by atoms with van der Waals surface area (Å²) in [6, 6.07) is 6.21. The average Bonchev–Trinajstić information content (AvgIpc) is 3.63. The first-order chi connectivity index (χ1) is 21.1. The Labute approximate surface area is 262 Å². The van der Waals surface area contributed by atoms with Crippen LogP contribution < -0.4 is 9.80 Å².